The standard InChI is InChI=1S/C17H19ClN2O/c1-21-17-8-12(6-7-19-17)11-20-14-9-13(10-14)15-4-2-3-5-16(15)18/h2-8,13-14,20H,9-11H2,1H3. The number of ether oxygens (including phenoxy) is 1. The maximum absolute atomic E-state index is 6.24. The summed E-state index contributed by atoms with van der Waals surface area (Å²) in [6.07, 6.45) is 4.07. The van der Waals surface area contributed by atoms with Crippen molar-refractivity contribution in [2.24, 2.45) is 0 Å². The Morgan fingerprint density at radius 3 is 2.86 bits per heavy atom. The lowest BCUT2D eigenvalue weighted by Gasteiger charge is -2.37. The molecule has 1 heterocycles. The summed E-state index contributed by atoms with van der Waals surface area (Å²) in [5.74, 6) is 1.25. The molecule has 4 heteroatoms. The fourth-order valence-corrected chi connectivity index (χ4v) is 3.07. The second-order valence-electron chi connectivity index (χ2n) is 5.47. The molecule has 0 spiro atoms. The van der Waals surface area contributed by atoms with Gasteiger partial charge < -0.3 is 10.1 Å². The molecular weight excluding hydrogens is 284 g/mol. The molecule has 0 radical (unpaired) electrons. The van der Waals surface area contributed by atoms with Crippen LogP contribution in [0.15, 0.2) is 42.6 Å². The molecule has 110 valence electrons. The number of halogens is 1. The van der Waals surface area contributed by atoms with Gasteiger partial charge in [0, 0.05) is 29.9 Å². The van der Waals surface area contributed by atoms with Crippen LogP contribution in [0.5, 0.6) is 5.88 Å². The Hall–Kier alpha value is -1.58. The molecule has 1 saturated carbocycles. The molecule has 3 nitrogen and oxygen atoms in total. The molecule has 2 aromatic rings. The van der Waals surface area contributed by atoms with Crippen LogP contribution in [-0.2, 0) is 6.54 Å². The first-order valence-corrected chi connectivity index (χ1v) is 7.61. The van der Waals surface area contributed by atoms with Crippen LogP contribution < -0.4 is 10.1 Å². The van der Waals surface area contributed by atoms with E-state index in [1.54, 1.807) is 13.3 Å². The van der Waals surface area contributed by atoms with E-state index in [0.717, 1.165) is 24.4 Å². The van der Waals surface area contributed by atoms with Gasteiger partial charge in [-0.15, -0.1) is 0 Å². The average Bonchev–Trinajstić information content (AvgIpc) is 2.47. The molecule has 0 unspecified atom stereocenters. The number of methoxy groups -OCH3 is 1. The number of aromatic nitrogens is 1. The molecule has 1 aliphatic rings. The summed E-state index contributed by atoms with van der Waals surface area (Å²) >= 11 is 6.24. The third-order valence-corrected chi connectivity index (χ3v) is 4.43. The molecule has 1 fully saturated rings. The molecule has 3 rings (SSSR count). The van der Waals surface area contributed by atoms with Crippen molar-refractivity contribution in [3.8, 4) is 5.88 Å². The molecule has 1 aromatic carbocycles. The first-order chi connectivity index (χ1) is 10.3. The molecular formula is C17H19ClN2O. The van der Waals surface area contributed by atoms with Gasteiger partial charge in [0.25, 0.3) is 0 Å². The summed E-state index contributed by atoms with van der Waals surface area (Å²) in [6, 6.07) is 12.7. The lowest BCUT2D eigenvalue weighted by atomic mass is 9.76. The molecule has 1 aromatic heterocycles. The summed E-state index contributed by atoms with van der Waals surface area (Å²) in [7, 11) is 1.64. The van der Waals surface area contributed by atoms with Crippen molar-refractivity contribution in [1.82, 2.24) is 10.3 Å². The number of nitrogens with one attached hydrogen (secondary N) is 1. The summed E-state index contributed by atoms with van der Waals surface area (Å²) < 4.78 is 5.14. The first kappa shape index (κ1) is 14.4. The third kappa shape index (κ3) is 3.36. The van der Waals surface area contributed by atoms with Gasteiger partial charge in [0.2, 0.25) is 5.88 Å². The molecule has 0 aliphatic heterocycles. The van der Waals surface area contributed by atoms with Crippen LogP contribution in [0.4, 0.5) is 0 Å². The predicted octanol–water partition coefficient (Wildman–Crippen LogP) is 3.78. The normalized spacial score (nSPS) is 20.9. The second kappa shape index (κ2) is 6.46. The summed E-state index contributed by atoms with van der Waals surface area (Å²) in [4.78, 5) is 4.12. The van der Waals surface area contributed by atoms with Crippen LogP contribution in [0.2, 0.25) is 5.02 Å². The minimum absolute atomic E-state index is 0.561. The summed E-state index contributed by atoms with van der Waals surface area (Å²) in [5, 5.41) is 4.47. The highest BCUT2D eigenvalue weighted by molar-refractivity contribution is 6.31. The van der Waals surface area contributed by atoms with Gasteiger partial charge in [-0.05, 0) is 42.0 Å². The Morgan fingerprint density at radius 1 is 1.29 bits per heavy atom. The van der Waals surface area contributed by atoms with Gasteiger partial charge in [0.15, 0.2) is 0 Å². The molecule has 21 heavy (non-hydrogen) atoms. The largest absolute Gasteiger partial charge is 0.481 e. The predicted molar refractivity (Wildman–Crippen MR) is 84.8 cm³/mol. The Morgan fingerprint density at radius 2 is 2.10 bits per heavy atom. The van der Waals surface area contributed by atoms with E-state index >= 15 is 0 Å². The van der Waals surface area contributed by atoms with Crippen LogP contribution in [0, 0.1) is 0 Å². The molecule has 0 bridgehead atoms. The highest BCUT2D eigenvalue weighted by Crippen LogP contribution is 2.39. The minimum atomic E-state index is 0.561. The van der Waals surface area contributed by atoms with E-state index in [4.69, 9.17) is 16.3 Å². The van der Waals surface area contributed by atoms with Crippen molar-refractivity contribution >= 4 is 11.6 Å². The summed E-state index contributed by atoms with van der Waals surface area (Å²) in [5.41, 5.74) is 2.48. The zero-order valence-corrected chi connectivity index (χ0v) is 12.8. The SMILES string of the molecule is COc1cc(CNC2CC(c3ccccc3Cl)C2)ccn1. The zero-order valence-electron chi connectivity index (χ0n) is 12.1. The Balaban J connectivity index is 1.50. The highest BCUT2D eigenvalue weighted by Gasteiger charge is 2.30. The van der Waals surface area contributed by atoms with Crippen molar-refractivity contribution in [3.05, 3.63) is 58.7 Å². The van der Waals surface area contributed by atoms with Gasteiger partial charge in [-0.25, -0.2) is 4.98 Å². The molecule has 1 aliphatic carbocycles. The van der Waals surface area contributed by atoms with E-state index in [1.807, 2.05) is 24.3 Å². The zero-order chi connectivity index (χ0) is 14.7. The van der Waals surface area contributed by atoms with Crippen LogP contribution in [0.3, 0.4) is 0 Å². The summed E-state index contributed by atoms with van der Waals surface area (Å²) in [6.45, 7) is 0.846. The Kier molecular flexibility index (Phi) is 4.42. The smallest absolute Gasteiger partial charge is 0.213 e. The van der Waals surface area contributed by atoms with Crippen LogP contribution >= 0.6 is 11.6 Å². The number of hydrogen-bond acceptors (Lipinski definition) is 3. The van der Waals surface area contributed by atoms with Gasteiger partial charge in [-0.2, -0.15) is 0 Å². The lowest BCUT2D eigenvalue weighted by Crippen LogP contribution is -2.39. The van der Waals surface area contributed by atoms with Gasteiger partial charge in [-0.1, -0.05) is 29.8 Å². The second-order valence-corrected chi connectivity index (χ2v) is 5.88. The van der Waals surface area contributed by atoms with Crippen LogP contribution in [-0.4, -0.2) is 18.1 Å². The fourth-order valence-electron chi connectivity index (χ4n) is 2.78. The first-order valence-electron chi connectivity index (χ1n) is 7.23. The van der Waals surface area contributed by atoms with E-state index in [0.29, 0.717) is 17.8 Å². The molecule has 0 atom stereocenters. The van der Waals surface area contributed by atoms with Crippen molar-refractivity contribution in [2.75, 3.05) is 7.11 Å². The highest BCUT2D eigenvalue weighted by atomic mass is 35.5. The van der Waals surface area contributed by atoms with Crippen molar-refractivity contribution in [2.45, 2.75) is 31.3 Å². The van der Waals surface area contributed by atoms with Crippen molar-refractivity contribution < 1.29 is 4.74 Å². The number of nitrogens with zero attached hydrogens (tertiary/aromatic N) is 1. The molecule has 0 saturated heterocycles. The maximum atomic E-state index is 6.24. The monoisotopic (exact) mass is 302 g/mol. The van der Waals surface area contributed by atoms with Gasteiger partial charge in [-0.3, -0.25) is 0 Å². The Bertz CT molecular complexity index is 611. The van der Waals surface area contributed by atoms with Crippen molar-refractivity contribution in [3.63, 3.8) is 0 Å². The average molecular weight is 303 g/mol. The minimum Gasteiger partial charge on any atom is -0.481 e. The van der Waals surface area contributed by atoms with E-state index in [-0.39, 0.29) is 0 Å². The van der Waals surface area contributed by atoms with E-state index in [1.165, 1.54) is 11.1 Å². The van der Waals surface area contributed by atoms with Gasteiger partial charge in [0.1, 0.15) is 0 Å². The third-order valence-electron chi connectivity index (χ3n) is 4.09. The van der Waals surface area contributed by atoms with Gasteiger partial charge in [0.05, 0.1) is 7.11 Å². The maximum Gasteiger partial charge on any atom is 0.213 e. The van der Waals surface area contributed by atoms with E-state index in [2.05, 4.69) is 22.4 Å². The van der Waals surface area contributed by atoms with Crippen LogP contribution in [0.25, 0.3) is 0 Å². The number of rotatable bonds is 5. The van der Waals surface area contributed by atoms with E-state index in [9.17, 15) is 0 Å². The number of pyridine rings is 1. The lowest BCUT2D eigenvalue weighted by molar-refractivity contribution is 0.289. The molecule has 1 N–H and O–H groups in total. The van der Waals surface area contributed by atoms with E-state index < -0.39 is 0 Å². The Labute approximate surface area is 130 Å². The quantitative estimate of drug-likeness (QED) is 0.912. The number of benzene rings is 1. The van der Waals surface area contributed by atoms with Gasteiger partial charge >= 0.3 is 0 Å². The van der Waals surface area contributed by atoms with Crippen LogP contribution in [0.1, 0.15) is 29.9 Å². The molecule has 0 amide bonds. The fraction of sp³-hybridized carbons (Fsp3) is 0.353. The topological polar surface area (TPSA) is 34.1 Å². The number of hydrogen-bond donors (Lipinski definition) is 1. The van der Waals surface area contributed by atoms with Crippen molar-refractivity contribution in [1.29, 1.82) is 0 Å².